The Hall–Kier alpha value is -3.10. The van der Waals surface area contributed by atoms with Crippen molar-refractivity contribution in [3.63, 3.8) is 0 Å². The second-order valence-electron chi connectivity index (χ2n) is 11.1. The van der Waals surface area contributed by atoms with E-state index in [4.69, 9.17) is 10.5 Å². The van der Waals surface area contributed by atoms with Gasteiger partial charge in [-0.05, 0) is 76.5 Å². The molecule has 0 aliphatic heterocycles. The molecule has 9 heteroatoms. The van der Waals surface area contributed by atoms with Crippen molar-refractivity contribution < 1.29 is 23.9 Å². The molecule has 1 aliphatic rings. The largest absolute Gasteiger partial charge is 0.444 e. The average Bonchev–Trinajstić information content (AvgIpc) is 3.51. The van der Waals surface area contributed by atoms with Gasteiger partial charge in [-0.15, -0.1) is 0 Å². The van der Waals surface area contributed by atoms with Crippen molar-refractivity contribution in [2.45, 2.75) is 104 Å². The number of amides is 4. The molecule has 0 heterocycles. The maximum absolute atomic E-state index is 14.2. The molecule has 9 nitrogen and oxygen atoms in total. The number of ether oxygens (including phenoxy) is 1. The van der Waals surface area contributed by atoms with Crippen molar-refractivity contribution in [1.29, 1.82) is 0 Å². The lowest BCUT2D eigenvalue weighted by molar-refractivity contribution is -0.143. The zero-order valence-corrected chi connectivity index (χ0v) is 23.3. The molecule has 1 aromatic carbocycles. The molecule has 37 heavy (non-hydrogen) atoms. The van der Waals surface area contributed by atoms with E-state index in [1.54, 1.807) is 25.7 Å². The smallest absolute Gasteiger partial charge is 0.408 e. The normalized spacial score (nSPS) is 18.4. The maximum Gasteiger partial charge on any atom is 0.408 e. The first-order chi connectivity index (χ1) is 17.3. The summed E-state index contributed by atoms with van der Waals surface area (Å²) in [4.78, 5) is 53.7. The summed E-state index contributed by atoms with van der Waals surface area (Å²) in [6, 6.07) is 3.59. The number of alkyl carbamates (subject to hydrolysis) is 1. The van der Waals surface area contributed by atoms with Gasteiger partial charge in [-0.1, -0.05) is 38.5 Å². The van der Waals surface area contributed by atoms with Gasteiger partial charge in [-0.3, -0.25) is 14.4 Å². The molecule has 206 valence electrons. The average molecular weight is 517 g/mol. The quantitative estimate of drug-likeness (QED) is 0.365. The Bertz CT molecular complexity index is 987. The highest BCUT2D eigenvalue weighted by Gasteiger charge is 2.48. The SMILES string of the molecule is CCCCNC(=O)C(c1cccc(C)c1C)N(C(=O)C(CCC(N)=O)NC(=O)OC(C)(C)C)C1CC1C. The lowest BCUT2D eigenvalue weighted by Crippen LogP contribution is -2.54. The Morgan fingerprint density at radius 3 is 2.38 bits per heavy atom. The summed E-state index contributed by atoms with van der Waals surface area (Å²) in [5.74, 6) is -1.09. The summed E-state index contributed by atoms with van der Waals surface area (Å²) < 4.78 is 5.38. The lowest BCUT2D eigenvalue weighted by Gasteiger charge is -2.36. The summed E-state index contributed by atoms with van der Waals surface area (Å²) in [6.07, 6.45) is 1.62. The second kappa shape index (κ2) is 12.9. The number of nitrogens with zero attached hydrogens (tertiary/aromatic N) is 1. The molecule has 0 radical (unpaired) electrons. The van der Waals surface area contributed by atoms with Crippen LogP contribution in [0.1, 0.15) is 89.5 Å². The lowest BCUT2D eigenvalue weighted by atomic mass is 9.94. The van der Waals surface area contributed by atoms with E-state index in [9.17, 15) is 19.2 Å². The number of rotatable bonds is 12. The van der Waals surface area contributed by atoms with E-state index in [1.807, 2.05) is 45.9 Å². The minimum absolute atomic E-state index is 0.00197. The molecule has 4 N–H and O–H groups in total. The van der Waals surface area contributed by atoms with E-state index < -0.39 is 35.6 Å². The summed E-state index contributed by atoms with van der Waals surface area (Å²) >= 11 is 0. The summed E-state index contributed by atoms with van der Waals surface area (Å²) in [5.41, 5.74) is 7.29. The number of hydrogen-bond acceptors (Lipinski definition) is 5. The van der Waals surface area contributed by atoms with Gasteiger partial charge in [-0.25, -0.2) is 4.79 Å². The predicted molar refractivity (Wildman–Crippen MR) is 143 cm³/mol. The molecule has 4 unspecified atom stereocenters. The molecule has 4 amide bonds. The monoisotopic (exact) mass is 516 g/mol. The maximum atomic E-state index is 14.2. The van der Waals surface area contributed by atoms with Crippen LogP contribution in [0.5, 0.6) is 0 Å². The highest BCUT2D eigenvalue weighted by atomic mass is 16.6. The Labute approximate surface area is 220 Å². The van der Waals surface area contributed by atoms with E-state index in [0.29, 0.717) is 6.54 Å². The molecule has 0 spiro atoms. The highest BCUT2D eigenvalue weighted by Crippen LogP contribution is 2.41. The summed E-state index contributed by atoms with van der Waals surface area (Å²) in [5, 5.41) is 5.64. The van der Waals surface area contributed by atoms with Gasteiger partial charge in [0.05, 0.1) is 0 Å². The van der Waals surface area contributed by atoms with Crippen LogP contribution in [-0.4, -0.2) is 52.9 Å². The number of primary amides is 1. The van der Waals surface area contributed by atoms with Crippen LogP contribution in [0.25, 0.3) is 0 Å². The number of carbonyl (C=O) groups excluding carboxylic acids is 4. The van der Waals surface area contributed by atoms with Gasteiger partial charge in [0.25, 0.3) is 0 Å². The number of carbonyl (C=O) groups is 4. The van der Waals surface area contributed by atoms with E-state index in [1.165, 1.54) is 0 Å². The topological polar surface area (TPSA) is 131 Å². The van der Waals surface area contributed by atoms with Crippen molar-refractivity contribution in [2.75, 3.05) is 6.54 Å². The number of nitrogens with two attached hydrogens (primary N) is 1. The molecule has 1 fully saturated rings. The molecule has 0 aromatic heterocycles. The van der Waals surface area contributed by atoms with E-state index >= 15 is 0 Å². The Kier molecular flexibility index (Phi) is 10.5. The molecule has 0 saturated heterocycles. The second-order valence-corrected chi connectivity index (χ2v) is 11.1. The number of nitrogens with one attached hydrogen (secondary N) is 2. The van der Waals surface area contributed by atoms with Gasteiger partial charge in [0, 0.05) is 19.0 Å². The number of aryl methyl sites for hydroxylation is 1. The fourth-order valence-corrected chi connectivity index (χ4v) is 4.32. The van der Waals surface area contributed by atoms with Crippen LogP contribution >= 0.6 is 0 Å². The van der Waals surface area contributed by atoms with E-state index in [-0.39, 0.29) is 30.7 Å². The van der Waals surface area contributed by atoms with Gasteiger partial charge < -0.3 is 26.0 Å². The third-order valence-corrected chi connectivity index (χ3v) is 6.64. The first-order valence-electron chi connectivity index (χ1n) is 13.2. The molecule has 1 aromatic rings. The Balaban J connectivity index is 2.52. The van der Waals surface area contributed by atoms with Crippen molar-refractivity contribution in [2.24, 2.45) is 11.7 Å². The molecule has 0 bridgehead atoms. The van der Waals surface area contributed by atoms with Crippen LogP contribution in [-0.2, 0) is 19.1 Å². The van der Waals surface area contributed by atoms with Gasteiger partial charge in [0.1, 0.15) is 17.7 Å². The number of hydrogen-bond donors (Lipinski definition) is 3. The Morgan fingerprint density at radius 1 is 1.19 bits per heavy atom. The number of unbranched alkanes of at least 4 members (excludes halogenated alkanes) is 1. The first kappa shape index (κ1) is 30.1. The van der Waals surface area contributed by atoms with Crippen LogP contribution in [0.15, 0.2) is 18.2 Å². The molecule has 4 atom stereocenters. The molecule has 1 saturated carbocycles. The predicted octanol–water partition coefficient (Wildman–Crippen LogP) is 3.66. The standard InChI is InChI=1S/C28H44N4O5/c1-8-9-15-30-25(34)24(20-12-10-11-17(2)19(20)4)32(22-16-18(22)3)26(35)21(13-14-23(29)33)31-27(36)37-28(5,6)7/h10-12,18,21-22,24H,8-9,13-16H2,1-7H3,(H2,29,33)(H,30,34)(H,31,36). The van der Waals surface area contributed by atoms with Crippen molar-refractivity contribution in [1.82, 2.24) is 15.5 Å². The van der Waals surface area contributed by atoms with Gasteiger partial charge in [-0.2, -0.15) is 0 Å². The minimum Gasteiger partial charge on any atom is -0.444 e. The van der Waals surface area contributed by atoms with Crippen LogP contribution in [0, 0.1) is 19.8 Å². The fraction of sp³-hybridized carbons (Fsp3) is 0.643. The van der Waals surface area contributed by atoms with Crippen molar-refractivity contribution >= 4 is 23.8 Å². The van der Waals surface area contributed by atoms with Crippen molar-refractivity contribution in [3.8, 4) is 0 Å². The molecular weight excluding hydrogens is 472 g/mol. The fourth-order valence-electron chi connectivity index (χ4n) is 4.32. The number of benzene rings is 1. The molecular formula is C28H44N4O5. The Morgan fingerprint density at radius 2 is 1.84 bits per heavy atom. The van der Waals surface area contributed by atoms with Gasteiger partial charge in [0.2, 0.25) is 17.7 Å². The van der Waals surface area contributed by atoms with Crippen LogP contribution in [0.2, 0.25) is 0 Å². The zero-order chi connectivity index (χ0) is 27.9. The molecule has 2 rings (SSSR count). The van der Waals surface area contributed by atoms with Gasteiger partial charge in [0.15, 0.2) is 0 Å². The third-order valence-electron chi connectivity index (χ3n) is 6.64. The third kappa shape index (κ3) is 8.76. The zero-order valence-electron chi connectivity index (χ0n) is 23.3. The summed E-state index contributed by atoms with van der Waals surface area (Å²) in [6.45, 7) is 13.7. The van der Waals surface area contributed by atoms with Crippen molar-refractivity contribution in [3.05, 3.63) is 34.9 Å². The first-order valence-corrected chi connectivity index (χ1v) is 13.2. The van der Waals surface area contributed by atoms with Crippen LogP contribution in [0.3, 0.4) is 0 Å². The highest BCUT2D eigenvalue weighted by molar-refractivity contribution is 5.93. The molecule has 1 aliphatic carbocycles. The van der Waals surface area contributed by atoms with Crippen LogP contribution in [0.4, 0.5) is 4.79 Å². The van der Waals surface area contributed by atoms with E-state index in [2.05, 4.69) is 10.6 Å². The van der Waals surface area contributed by atoms with E-state index in [0.717, 1.165) is 36.0 Å². The summed E-state index contributed by atoms with van der Waals surface area (Å²) in [7, 11) is 0. The van der Waals surface area contributed by atoms with Gasteiger partial charge >= 0.3 is 6.09 Å². The van der Waals surface area contributed by atoms with Crippen LogP contribution < -0.4 is 16.4 Å². The minimum atomic E-state index is -1.08.